The van der Waals surface area contributed by atoms with Crippen molar-refractivity contribution in [1.29, 1.82) is 0 Å². The Kier molecular flexibility index (Phi) is 3.97. The lowest BCUT2D eigenvalue weighted by Gasteiger charge is -2.31. The highest BCUT2D eigenvalue weighted by Gasteiger charge is 2.24. The van der Waals surface area contributed by atoms with Gasteiger partial charge in [0, 0.05) is 36.2 Å². The van der Waals surface area contributed by atoms with E-state index in [0.29, 0.717) is 41.4 Å². The molecule has 1 N–H and O–H groups in total. The Balaban J connectivity index is 1.83. The third-order valence-corrected chi connectivity index (χ3v) is 3.50. The van der Waals surface area contributed by atoms with Crippen molar-refractivity contribution in [2.24, 2.45) is 5.16 Å². The van der Waals surface area contributed by atoms with Crippen molar-refractivity contribution in [3.05, 3.63) is 42.0 Å². The minimum atomic E-state index is -0.320. The number of rotatable bonds is 4. The fourth-order valence-electron chi connectivity index (χ4n) is 2.29. The van der Waals surface area contributed by atoms with Gasteiger partial charge in [0.05, 0.1) is 25.4 Å². The van der Waals surface area contributed by atoms with Gasteiger partial charge in [-0.2, -0.15) is 0 Å². The van der Waals surface area contributed by atoms with E-state index >= 15 is 0 Å². The van der Waals surface area contributed by atoms with Gasteiger partial charge in [-0.1, -0.05) is 23.4 Å². The van der Waals surface area contributed by atoms with E-state index in [2.05, 4.69) is 15.1 Å². The average molecular weight is 302 g/mol. The third kappa shape index (κ3) is 2.62. The summed E-state index contributed by atoms with van der Waals surface area (Å²) in [4.78, 5) is 10.3. The Labute approximate surface area is 126 Å². The fraction of sp³-hybridized carbons (Fsp3) is 0.267. The van der Waals surface area contributed by atoms with Crippen molar-refractivity contribution in [1.82, 2.24) is 9.97 Å². The molecule has 3 rings (SSSR count). The number of aromatic nitrogens is 2. The van der Waals surface area contributed by atoms with Crippen molar-refractivity contribution in [3.63, 3.8) is 0 Å². The van der Waals surface area contributed by atoms with Gasteiger partial charge in [-0.15, -0.1) is 0 Å². The molecule has 7 heteroatoms. The molecule has 6 nitrogen and oxygen atoms in total. The van der Waals surface area contributed by atoms with Crippen LogP contribution in [0.1, 0.15) is 5.56 Å². The van der Waals surface area contributed by atoms with Gasteiger partial charge in [-0.3, -0.25) is 0 Å². The summed E-state index contributed by atoms with van der Waals surface area (Å²) in [5.74, 6) is 0.212. The largest absolute Gasteiger partial charge is 0.411 e. The highest BCUT2D eigenvalue weighted by Crippen LogP contribution is 2.25. The summed E-state index contributed by atoms with van der Waals surface area (Å²) in [6.07, 6.45) is 3.18. The molecular formula is C15H15FN4O2. The molecule has 0 saturated carbocycles. The van der Waals surface area contributed by atoms with Crippen molar-refractivity contribution >= 4 is 11.7 Å². The number of halogens is 1. The van der Waals surface area contributed by atoms with E-state index in [1.54, 1.807) is 30.6 Å². The first-order valence-corrected chi connectivity index (χ1v) is 6.76. The summed E-state index contributed by atoms with van der Waals surface area (Å²) in [7, 11) is 1.53. The number of ether oxygens (including phenoxy) is 1. The van der Waals surface area contributed by atoms with Crippen LogP contribution in [0.15, 0.2) is 35.7 Å². The zero-order valence-corrected chi connectivity index (χ0v) is 12.0. The standard InChI is InChI=1S/C15H15FN4O2/c1-22-9-10-3-2-4-13(14(10)16)11-5-17-15(18-6-11)20-7-12(8-20)19-21/h2-6,21H,7-9H2,1H3. The molecule has 1 aliphatic heterocycles. The predicted molar refractivity (Wildman–Crippen MR) is 79.6 cm³/mol. The van der Waals surface area contributed by atoms with Gasteiger partial charge in [-0.25, -0.2) is 14.4 Å². The van der Waals surface area contributed by atoms with Crippen molar-refractivity contribution in [2.45, 2.75) is 6.61 Å². The van der Waals surface area contributed by atoms with Crippen molar-refractivity contribution in [3.8, 4) is 11.1 Å². The maximum absolute atomic E-state index is 14.4. The summed E-state index contributed by atoms with van der Waals surface area (Å²) in [6, 6.07) is 5.15. The molecular weight excluding hydrogens is 287 g/mol. The lowest BCUT2D eigenvalue weighted by molar-refractivity contribution is 0.181. The Morgan fingerprint density at radius 2 is 2.05 bits per heavy atom. The Bertz CT molecular complexity index is 695. The smallest absolute Gasteiger partial charge is 0.225 e. The SMILES string of the molecule is COCc1cccc(-c2cnc(N3CC(=NO)C3)nc2)c1F. The second-order valence-electron chi connectivity index (χ2n) is 5.01. The van der Waals surface area contributed by atoms with E-state index < -0.39 is 0 Å². The highest BCUT2D eigenvalue weighted by molar-refractivity contribution is 5.98. The highest BCUT2D eigenvalue weighted by atomic mass is 19.1. The van der Waals surface area contributed by atoms with E-state index in [-0.39, 0.29) is 12.4 Å². The molecule has 0 bridgehead atoms. The summed E-state index contributed by atoms with van der Waals surface area (Å²) >= 11 is 0. The van der Waals surface area contributed by atoms with Gasteiger partial charge in [-0.05, 0) is 0 Å². The molecule has 1 aromatic carbocycles. The summed E-state index contributed by atoms with van der Waals surface area (Å²) < 4.78 is 19.4. The predicted octanol–water partition coefficient (Wildman–Crippen LogP) is 2.08. The zero-order chi connectivity index (χ0) is 15.5. The molecule has 0 radical (unpaired) electrons. The second-order valence-corrected chi connectivity index (χ2v) is 5.01. The van der Waals surface area contributed by atoms with Crippen LogP contribution in [-0.2, 0) is 11.3 Å². The van der Waals surface area contributed by atoms with Crippen molar-refractivity contribution in [2.75, 3.05) is 25.1 Å². The van der Waals surface area contributed by atoms with Crippen LogP contribution in [-0.4, -0.2) is 41.1 Å². The van der Waals surface area contributed by atoms with Crippen LogP contribution in [0.3, 0.4) is 0 Å². The Morgan fingerprint density at radius 1 is 1.32 bits per heavy atom. The number of hydrogen-bond acceptors (Lipinski definition) is 6. The van der Waals surface area contributed by atoms with Crippen molar-refractivity contribution < 1.29 is 14.3 Å². The van der Waals surface area contributed by atoms with E-state index in [4.69, 9.17) is 9.94 Å². The lowest BCUT2D eigenvalue weighted by atomic mass is 10.1. The van der Waals surface area contributed by atoms with Crippen LogP contribution in [0.2, 0.25) is 0 Å². The molecule has 0 atom stereocenters. The molecule has 1 fully saturated rings. The number of methoxy groups -OCH3 is 1. The maximum atomic E-state index is 14.4. The quantitative estimate of drug-likeness (QED) is 0.691. The molecule has 0 unspecified atom stereocenters. The monoisotopic (exact) mass is 302 g/mol. The number of nitrogens with zero attached hydrogens (tertiary/aromatic N) is 4. The van der Waals surface area contributed by atoms with Gasteiger partial charge in [0.25, 0.3) is 0 Å². The minimum Gasteiger partial charge on any atom is -0.411 e. The van der Waals surface area contributed by atoms with Gasteiger partial charge < -0.3 is 14.8 Å². The third-order valence-electron chi connectivity index (χ3n) is 3.50. The van der Waals surface area contributed by atoms with Gasteiger partial charge in [0.2, 0.25) is 5.95 Å². The number of hydrogen-bond donors (Lipinski definition) is 1. The molecule has 1 aliphatic rings. The van der Waals surface area contributed by atoms with Crippen LogP contribution in [0.4, 0.5) is 10.3 Å². The normalized spacial score (nSPS) is 13.9. The number of oxime groups is 1. The molecule has 22 heavy (non-hydrogen) atoms. The number of anilines is 1. The average Bonchev–Trinajstić information content (AvgIpc) is 2.49. The molecule has 2 heterocycles. The number of benzene rings is 1. The minimum absolute atomic E-state index is 0.218. The van der Waals surface area contributed by atoms with Crippen LogP contribution in [0.25, 0.3) is 11.1 Å². The Morgan fingerprint density at radius 3 is 2.68 bits per heavy atom. The summed E-state index contributed by atoms with van der Waals surface area (Å²) in [5.41, 5.74) is 2.24. The van der Waals surface area contributed by atoms with Gasteiger partial charge >= 0.3 is 0 Å². The van der Waals surface area contributed by atoms with Gasteiger partial charge in [0.15, 0.2) is 0 Å². The van der Waals surface area contributed by atoms with Crippen LogP contribution in [0.5, 0.6) is 0 Å². The molecule has 1 aromatic heterocycles. The summed E-state index contributed by atoms with van der Waals surface area (Å²) in [5, 5.41) is 11.7. The first-order chi connectivity index (χ1) is 10.7. The summed E-state index contributed by atoms with van der Waals surface area (Å²) in [6.45, 7) is 1.23. The molecule has 2 aromatic rings. The Hall–Kier alpha value is -2.54. The van der Waals surface area contributed by atoms with Gasteiger partial charge in [0.1, 0.15) is 5.82 Å². The van der Waals surface area contributed by atoms with Crippen LogP contribution >= 0.6 is 0 Å². The lowest BCUT2D eigenvalue weighted by Crippen LogP contribution is -2.48. The molecule has 114 valence electrons. The zero-order valence-electron chi connectivity index (χ0n) is 12.0. The van der Waals surface area contributed by atoms with Crippen LogP contribution in [0, 0.1) is 5.82 Å². The molecule has 1 saturated heterocycles. The maximum Gasteiger partial charge on any atom is 0.225 e. The van der Waals surface area contributed by atoms with E-state index in [9.17, 15) is 4.39 Å². The first-order valence-electron chi connectivity index (χ1n) is 6.76. The van der Waals surface area contributed by atoms with E-state index in [1.807, 2.05) is 4.90 Å². The van der Waals surface area contributed by atoms with E-state index in [0.717, 1.165) is 0 Å². The fourth-order valence-corrected chi connectivity index (χ4v) is 2.29. The topological polar surface area (TPSA) is 70.8 Å². The molecule has 0 amide bonds. The molecule has 0 aliphatic carbocycles. The van der Waals surface area contributed by atoms with Crippen LogP contribution < -0.4 is 4.90 Å². The first kappa shape index (κ1) is 14.4. The molecule has 0 spiro atoms. The second kappa shape index (κ2) is 6.07. The van der Waals surface area contributed by atoms with E-state index in [1.165, 1.54) is 7.11 Å².